The summed E-state index contributed by atoms with van der Waals surface area (Å²) in [7, 11) is 0. The molecule has 1 N–H and O–H groups in total. The first-order chi connectivity index (χ1) is 13.7. The summed E-state index contributed by atoms with van der Waals surface area (Å²) in [6.45, 7) is 4.19. The van der Waals surface area contributed by atoms with E-state index in [1.165, 1.54) is 11.6 Å². The van der Waals surface area contributed by atoms with E-state index in [0.717, 1.165) is 25.8 Å². The molecule has 2 aliphatic rings. The van der Waals surface area contributed by atoms with Crippen LogP contribution in [-0.4, -0.2) is 35.4 Å². The van der Waals surface area contributed by atoms with E-state index in [0.29, 0.717) is 11.3 Å². The zero-order valence-electron chi connectivity index (χ0n) is 15.7. The zero-order chi connectivity index (χ0) is 19.5. The maximum absolute atomic E-state index is 13.1. The number of carbonyl (C=O) groups is 2. The highest BCUT2D eigenvalue weighted by molar-refractivity contribution is 5.99. The average Bonchev–Trinajstić information content (AvgIpc) is 3.19. The van der Waals surface area contributed by atoms with Crippen LogP contribution in [-0.2, 0) is 9.53 Å². The molecule has 2 amide bonds. The van der Waals surface area contributed by atoms with Crippen LogP contribution >= 0.6 is 0 Å². The molecule has 2 heterocycles. The largest absolute Gasteiger partial charge is 0.368 e. The predicted octanol–water partition coefficient (Wildman–Crippen LogP) is 3.95. The van der Waals surface area contributed by atoms with Crippen LogP contribution in [0, 0.1) is 0 Å². The van der Waals surface area contributed by atoms with E-state index in [1.807, 2.05) is 23.1 Å². The molecule has 3 atom stereocenters. The van der Waals surface area contributed by atoms with Crippen LogP contribution in [0.1, 0.15) is 41.3 Å². The molecular formula is C23H24N2O3. The molecular weight excluding hydrogens is 352 g/mol. The lowest BCUT2D eigenvalue weighted by Gasteiger charge is -2.36. The van der Waals surface area contributed by atoms with E-state index in [1.54, 1.807) is 24.3 Å². The smallest absolute Gasteiger partial charge is 0.254 e. The third-order valence-corrected chi connectivity index (χ3v) is 5.53. The van der Waals surface area contributed by atoms with Crippen LogP contribution in [0.25, 0.3) is 0 Å². The maximum atomic E-state index is 13.1. The minimum atomic E-state index is -0.270. The van der Waals surface area contributed by atoms with Gasteiger partial charge in [0.05, 0.1) is 18.2 Å². The molecule has 0 unspecified atom stereocenters. The molecule has 144 valence electrons. The number of nitrogens with one attached hydrogen (secondary N) is 1. The minimum Gasteiger partial charge on any atom is -0.368 e. The SMILES string of the molecule is C=CC(=O)Nc1ccc(C(=O)N2CCC[C@@H]3O[C@H](c4ccccc4)C[C@@H]32)cc1. The number of anilines is 1. The Balaban J connectivity index is 1.48. The molecule has 0 aliphatic carbocycles. The Labute approximate surface area is 165 Å². The molecule has 28 heavy (non-hydrogen) atoms. The zero-order valence-corrected chi connectivity index (χ0v) is 15.7. The molecule has 0 spiro atoms. The summed E-state index contributed by atoms with van der Waals surface area (Å²) in [5.41, 5.74) is 2.44. The van der Waals surface area contributed by atoms with Gasteiger partial charge < -0.3 is 15.0 Å². The van der Waals surface area contributed by atoms with Crippen molar-refractivity contribution in [3.63, 3.8) is 0 Å². The second kappa shape index (κ2) is 7.98. The number of fused-ring (bicyclic) bond motifs is 1. The fraction of sp³-hybridized carbons (Fsp3) is 0.304. The van der Waals surface area contributed by atoms with Gasteiger partial charge in [0.2, 0.25) is 5.91 Å². The topological polar surface area (TPSA) is 58.6 Å². The Bertz CT molecular complexity index is 863. The summed E-state index contributed by atoms with van der Waals surface area (Å²) in [5, 5.41) is 2.70. The molecule has 4 rings (SSSR count). The molecule has 2 aromatic rings. The van der Waals surface area contributed by atoms with Crippen molar-refractivity contribution in [2.24, 2.45) is 0 Å². The second-order valence-corrected chi connectivity index (χ2v) is 7.29. The highest BCUT2D eigenvalue weighted by Crippen LogP contribution is 2.40. The van der Waals surface area contributed by atoms with Crippen molar-refractivity contribution in [2.45, 2.75) is 37.5 Å². The van der Waals surface area contributed by atoms with Gasteiger partial charge >= 0.3 is 0 Å². The third-order valence-electron chi connectivity index (χ3n) is 5.53. The lowest BCUT2D eigenvalue weighted by molar-refractivity contribution is -0.111. The Morgan fingerprint density at radius 2 is 1.86 bits per heavy atom. The van der Waals surface area contributed by atoms with Gasteiger partial charge in [-0.15, -0.1) is 0 Å². The number of amides is 2. The van der Waals surface area contributed by atoms with E-state index < -0.39 is 0 Å². The van der Waals surface area contributed by atoms with E-state index in [2.05, 4.69) is 24.0 Å². The number of benzene rings is 2. The number of nitrogens with zero attached hydrogens (tertiary/aromatic N) is 1. The van der Waals surface area contributed by atoms with Crippen molar-refractivity contribution in [1.29, 1.82) is 0 Å². The third kappa shape index (κ3) is 3.71. The van der Waals surface area contributed by atoms with Crippen molar-refractivity contribution in [3.8, 4) is 0 Å². The molecule has 0 aromatic heterocycles. The number of piperidine rings is 1. The van der Waals surface area contributed by atoms with Gasteiger partial charge in [-0.1, -0.05) is 36.9 Å². The summed E-state index contributed by atoms with van der Waals surface area (Å²) in [6, 6.07) is 17.3. The van der Waals surface area contributed by atoms with Crippen molar-refractivity contribution in [3.05, 3.63) is 78.4 Å². The van der Waals surface area contributed by atoms with E-state index in [4.69, 9.17) is 4.74 Å². The Morgan fingerprint density at radius 1 is 1.11 bits per heavy atom. The standard InChI is InChI=1S/C23H24N2O3/c1-2-22(26)24-18-12-10-17(11-13-18)23(27)25-14-6-9-20-19(25)15-21(28-20)16-7-4-3-5-8-16/h2-5,7-8,10-13,19-21H,1,6,9,14-15H2,(H,24,26)/t19-,20-,21-/m0/s1. The van der Waals surface area contributed by atoms with Gasteiger partial charge in [-0.3, -0.25) is 9.59 Å². The normalized spacial score (nSPS) is 23.7. The first kappa shape index (κ1) is 18.4. The first-order valence-electron chi connectivity index (χ1n) is 9.70. The number of rotatable bonds is 4. The van der Waals surface area contributed by atoms with Crippen LogP contribution < -0.4 is 5.32 Å². The second-order valence-electron chi connectivity index (χ2n) is 7.29. The fourth-order valence-corrected chi connectivity index (χ4v) is 4.14. The fourth-order valence-electron chi connectivity index (χ4n) is 4.14. The van der Waals surface area contributed by atoms with Crippen molar-refractivity contribution < 1.29 is 14.3 Å². The molecule has 5 heteroatoms. The molecule has 2 saturated heterocycles. The molecule has 2 aliphatic heterocycles. The molecule has 0 radical (unpaired) electrons. The number of likely N-dealkylation sites (tertiary alicyclic amines) is 1. The minimum absolute atomic E-state index is 0.0219. The van der Waals surface area contributed by atoms with Crippen molar-refractivity contribution in [2.75, 3.05) is 11.9 Å². The lowest BCUT2D eigenvalue weighted by Crippen LogP contribution is -2.48. The molecule has 2 aromatic carbocycles. The number of ether oxygens (including phenoxy) is 1. The van der Waals surface area contributed by atoms with Gasteiger partial charge in [0.15, 0.2) is 0 Å². The molecule has 0 bridgehead atoms. The average molecular weight is 376 g/mol. The predicted molar refractivity (Wildman–Crippen MR) is 108 cm³/mol. The molecule has 2 fully saturated rings. The summed E-state index contributed by atoms with van der Waals surface area (Å²) < 4.78 is 6.29. The summed E-state index contributed by atoms with van der Waals surface area (Å²) in [5.74, 6) is -0.249. The number of hydrogen-bond acceptors (Lipinski definition) is 3. The summed E-state index contributed by atoms with van der Waals surface area (Å²) >= 11 is 0. The van der Waals surface area contributed by atoms with Crippen LogP contribution in [0.2, 0.25) is 0 Å². The van der Waals surface area contributed by atoms with Crippen LogP contribution in [0.15, 0.2) is 67.3 Å². The monoisotopic (exact) mass is 376 g/mol. The number of carbonyl (C=O) groups excluding carboxylic acids is 2. The van der Waals surface area contributed by atoms with E-state index in [-0.39, 0.29) is 30.1 Å². The van der Waals surface area contributed by atoms with Crippen molar-refractivity contribution in [1.82, 2.24) is 4.90 Å². The van der Waals surface area contributed by atoms with Gasteiger partial charge in [-0.2, -0.15) is 0 Å². The Hall–Kier alpha value is -2.92. The van der Waals surface area contributed by atoms with Gasteiger partial charge in [-0.05, 0) is 48.7 Å². The lowest BCUT2D eigenvalue weighted by atomic mass is 9.95. The van der Waals surface area contributed by atoms with Crippen LogP contribution in [0.5, 0.6) is 0 Å². The maximum Gasteiger partial charge on any atom is 0.254 e. The Kier molecular flexibility index (Phi) is 5.26. The van der Waals surface area contributed by atoms with Crippen LogP contribution in [0.4, 0.5) is 5.69 Å². The van der Waals surface area contributed by atoms with E-state index >= 15 is 0 Å². The highest BCUT2D eigenvalue weighted by atomic mass is 16.5. The van der Waals surface area contributed by atoms with Gasteiger partial charge in [0, 0.05) is 24.2 Å². The van der Waals surface area contributed by atoms with Gasteiger partial charge in [0.1, 0.15) is 0 Å². The van der Waals surface area contributed by atoms with Crippen LogP contribution in [0.3, 0.4) is 0 Å². The van der Waals surface area contributed by atoms with Gasteiger partial charge in [0.25, 0.3) is 5.91 Å². The Morgan fingerprint density at radius 3 is 2.57 bits per heavy atom. The molecule has 0 saturated carbocycles. The first-order valence-corrected chi connectivity index (χ1v) is 9.70. The van der Waals surface area contributed by atoms with Crippen molar-refractivity contribution >= 4 is 17.5 Å². The number of hydrogen-bond donors (Lipinski definition) is 1. The quantitative estimate of drug-likeness (QED) is 0.822. The highest BCUT2D eigenvalue weighted by Gasteiger charge is 2.43. The van der Waals surface area contributed by atoms with Gasteiger partial charge in [-0.25, -0.2) is 0 Å². The summed E-state index contributed by atoms with van der Waals surface area (Å²) in [6.07, 6.45) is 4.12. The van der Waals surface area contributed by atoms with E-state index in [9.17, 15) is 9.59 Å². The summed E-state index contributed by atoms with van der Waals surface area (Å²) in [4.78, 5) is 26.5. The molecule has 5 nitrogen and oxygen atoms in total.